The molecule has 6 heteroatoms. The van der Waals surface area contributed by atoms with Crippen molar-refractivity contribution in [2.45, 2.75) is 18.9 Å². The molecule has 1 saturated heterocycles. The van der Waals surface area contributed by atoms with Crippen molar-refractivity contribution in [1.29, 1.82) is 0 Å². The molecule has 108 valence electrons. The molecule has 0 aliphatic carbocycles. The minimum Gasteiger partial charge on any atom is -0.358 e. The lowest BCUT2D eigenvalue weighted by Gasteiger charge is -2.22. The molecule has 1 heterocycles. The fraction of sp³-hybridized carbons (Fsp3) is 0.429. The summed E-state index contributed by atoms with van der Waals surface area (Å²) < 4.78 is 0. The number of nitrogens with zero attached hydrogens (tertiary/aromatic N) is 1. The molecular formula is C14H16Cl2N2O2. The van der Waals surface area contributed by atoms with Gasteiger partial charge in [0, 0.05) is 17.6 Å². The summed E-state index contributed by atoms with van der Waals surface area (Å²) in [5.74, 6) is -0.166. The van der Waals surface area contributed by atoms with E-state index < -0.39 is 0 Å². The number of halogens is 2. The van der Waals surface area contributed by atoms with E-state index in [1.807, 2.05) is 4.90 Å². The molecule has 0 aromatic heterocycles. The van der Waals surface area contributed by atoms with E-state index in [4.69, 9.17) is 23.2 Å². The number of hydrogen-bond donors (Lipinski definition) is 1. The lowest BCUT2D eigenvalue weighted by Crippen LogP contribution is -2.44. The van der Waals surface area contributed by atoms with Gasteiger partial charge in [-0.3, -0.25) is 14.5 Å². The molecule has 0 bridgehead atoms. The minimum atomic E-state index is -0.234. The fourth-order valence-electron chi connectivity index (χ4n) is 2.46. The van der Waals surface area contributed by atoms with Crippen molar-refractivity contribution in [1.82, 2.24) is 10.2 Å². The number of benzene rings is 1. The van der Waals surface area contributed by atoms with E-state index in [-0.39, 0.29) is 24.3 Å². The Kier molecular flexibility index (Phi) is 5.02. The summed E-state index contributed by atoms with van der Waals surface area (Å²) in [6, 6.07) is 4.58. The van der Waals surface area contributed by atoms with E-state index >= 15 is 0 Å². The van der Waals surface area contributed by atoms with Gasteiger partial charge in [-0.2, -0.15) is 0 Å². The average molecular weight is 315 g/mol. The molecule has 1 atom stereocenters. The van der Waals surface area contributed by atoms with Gasteiger partial charge in [0.15, 0.2) is 5.78 Å². The van der Waals surface area contributed by atoms with Gasteiger partial charge < -0.3 is 5.32 Å². The second-order valence-electron chi connectivity index (χ2n) is 4.79. The predicted octanol–water partition coefficient (Wildman–Crippen LogP) is 2.39. The first kappa shape index (κ1) is 15.3. The third-order valence-corrected chi connectivity index (χ3v) is 4.05. The number of carbonyl (C=O) groups is 2. The third-order valence-electron chi connectivity index (χ3n) is 3.49. The van der Waals surface area contributed by atoms with Crippen molar-refractivity contribution in [3.8, 4) is 0 Å². The Morgan fingerprint density at radius 1 is 1.40 bits per heavy atom. The predicted molar refractivity (Wildman–Crippen MR) is 79.5 cm³/mol. The lowest BCUT2D eigenvalue weighted by atomic mass is 10.1. The first-order valence-corrected chi connectivity index (χ1v) is 7.22. The van der Waals surface area contributed by atoms with Crippen LogP contribution in [0.15, 0.2) is 18.2 Å². The zero-order valence-corrected chi connectivity index (χ0v) is 12.7. The van der Waals surface area contributed by atoms with Gasteiger partial charge in [-0.15, -0.1) is 0 Å². The van der Waals surface area contributed by atoms with Crippen molar-refractivity contribution in [2.75, 3.05) is 20.1 Å². The van der Waals surface area contributed by atoms with E-state index in [1.165, 1.54) is 0 Å². The molecule has 20 heavy (non-hydrogen) atoms. The number of ketones is 1. The number of hydrogen-bond acceptors (Lipinski definition) is 3. The highest BCUT2D eigenvalue weighted by atomic mass is 35.5. The maximum absolute atomic E-state index is 12.3. The summed E-state index contributed by atoms with van der Waals surface area (Å²) in [7, 11) is 1.61. The highest BCUT2D eigenvalue weighted by molar-refractivity contribution is 6.36. The number of amides is 1. The van der Waals surface area contributed by atoms with Crippen LogP contribution in [0.25, 0.3) is 0 Å². The molecule has 1 aliphatic heterocycles. The molecule has 1 amide bonds. The Morgan fingerprint density at radius 3 is 2.85 bits per heavy atom. The summed E-state index contributed by atoms with van der Waals surface area (Å²) in [6.07, 6.45) is 1.69. The van der Waals surface area contributed by atoms with Crippen molar-refractivity contribution >= 4 is 34.9 Å². The Bertz CT molecular complexity index is 534. The van der Waals surface area contributed by atoms with Gasteiger partial charge in [0.05, 0.1) is 17.6 Å². The topological polar surface area (TPSA) is 49.4 Å². The lowest BCUT2D eigenvalue weighted by molar-refractivity contribution is -0.124. The molecule has 1 aromatic carbocycles. The Hall–Kier alpha value is -1.10. The maximum Gasteiger partial charge on any atom is 0.237 e. The van der Waals surface area contributed by atoms with Gasteiger partial charge in [0.1, 0.15) is 0 Å². The molecule has 0 spiro atoms. The van der Waals surface area contributed by atoms with E-state index in [1.54, 1.807) is 25.2 Å². The Labute approximate surface area is 128 Å². The monoisotopic (exact) mass is 314 g/mol. The smallest absolute Gasteiger partial charge is 0.237 e. The van der Waals surface area contributed by atoms with Gasteiger partial charge in [-0.05, 0) is 37.6 Å². The van der Waals surface area contributed by atoms with Crippen molar-refractivity contribution < 1.29 is 9.59 Å². The standard InChI is InChI=1S/C14H16Cl2N2O2/c1-17-14(20)12-3-2-6-18(12)8-13(19)10-7-9(15)4-5-11(10)16/h4-5,7,12H,2-3,6,8H2,1H3,(H,17,20). The molecule has 4 nitrogen and oxygen atoms in total. The molecule has 0 saturated carbocycles. The first-order valence-electron chi connectivity index (χ1n) is 6.47. The maximum atomic E-state index is 12.3. The highest BCUT2D eigenvalue weighted by Gasteiger charge is 2.31. The fourth-order valence-corrected chi connectivity index (χ4v) is 2.85. The van der Waals surface area contributed by atoms with Crippen LogP contribution >= 0.6 is 23.2 Å². The SMILES string of the molecule is CNC(=O)C1CCCN1CC(=O)c1cc(Cl)ccc1Cl. The summed E-state index contributed by atoms with van der Waals surface area (Å²) >= 11 is 11.9. The van der Waals surface area contributed by atoms with Crippen LogP contribution in [-0.2, 0) is 4.79 Å². The van der Waals surface area contributed by atoms with Gasteiger partial charge in [0.2, 0.25) is 5.91 Å². The molecule has 1 N–H and O–H groups in total. The number of likely N-dealkylation sites (tertiary alicyclic amines) is 1. The van der Waals surface area contributed by atoms with E-state index in [9.17, 15) is 9.59 Å². The largest absolute Gasteiger partial charge is 0.358 e. The van der Waals surface area contributed by atoms with Crippen LogP contribution in [0.5, 0.6) is 0 Å². The number of Topliss-reactive ketones (excluding diaryl/α,β-unsaturated/α-hetero) is 1. The third kappa shape index (κ3) is 3.32. The second-order valence-corrected chi connectivity index (χ2v) is 5.63. The molecule has 1 aromatic rings. The van der Waals surface area contributed by atoms with Crippen LogP contribution in [0.4, 0.5) is 0 Å². The number of nitrogens with one attached hydrogen (secondary N) is 1. The van der Waals surface area contributed by atoms with Crippen LogP contribution in [0.2, 0.25) is 10.0 Å². The zero-order valence-electron chi connectivity index (χ0n) is 11.2. The first-order chi connectivity index (χ1) is 9.52. The van der Waals surface area contributed by atoms with Crippen LogP contribution in [0.3, 0.4) is 0 Å². The van der Waals surface area contributed by atoms with Crippen molar-refractivity contribution in [2.24, 2.45) is 0 Å². The summed E-state index contributed by atoms with van der Waals surface area (Å²) in [5.41, 5.74) is 0.404. The van der Waals surface area contributed by atoms with Gasteiger partial charge in [-0.1, -0.05) is 23.2 Å². The average Bonchev–Trinajstić information content (AvgIpc) is 2.88. The summed E-state index contributed by atoms with van der Waals surface area (Å²) in [5, 5.41) is 3.49. The van der Waals surface area contributed by atoms with Gasteiger partial charge >= 0.3 is 0 Å². The van der Waals surface area contributed by atoms with Crippen LogP contribution in [-0.4, -0.2) is 42.8 Å². The molecule has 2 rings (SSSR count). The van der Waals surface area contributed by atoms with E-state index in [0.29, 0.717) is 15.6 Å². The number of likely N-dealkylation sites (N-methyl/N-ethyl adjacent to an activating group) is 1. The van der Waals surface area contributed by atoms with Gasteiger partial charge in [-0.25, -0.2) is 0 Å². The Morgan fingerprint density at radius 2 is 2.15 bits per heavy atom. The summed E-state index contributed by atoms with van der Waals surface area (Å²) in [6.45, 7) is 0.917. The highest BCUT2D eigenvalue weighted by Crippen LogP contribution is 2.23. The summed E-state index contributed by atoms with van der Waals surface area (Å²) in [4.78, 5) is 26.0. The van der Waals surface area contributed by atoms with Crippen molar-refractivity contribution in [3.63, 3.8) is 0 Å². The minimum absolute atomic E-state index is 0.0486. The second kappa shape index (κ2) is 6.57. The van der Waals surface area contributed by atoms with Crippen molar-refractivity contribution in [3.05, 3.63) is 33.8 Å². The zero-order chi connectivity index (χ0) is 14.7. The molecule has 1 unspecified atom stereocenters. The van der Waals surface area contributed by atoms with Crippen LogP contribution < -0.4 is 5.32 Å². The van der Waals surface area contributed by atoms with Gasteiger partial charge in [0.25, 0.3) is 0 Å². The van der Waals surface area contributed by atoms with Crippen LogP contribution in [0, 0.1) is 0 Å². The molecule has 1 fully saturated rings. The quantitative estimate of drug-likeness (QED) is 0.868. The van der Waals surface area contributed by atoms with E-state index in [0.717, 1.165) is 19.4 Å². The number of rotatable bonds is 4. The molecule has 1 aliphatic rings. The normalized spacial score (nSPS) is 19.1. The van der Waals surface area contributed by atoms with Crippen LogP contribution in [0.1, 0.15) is 23.2 Å². The number of carbonyl (C=O) groups excluding carboxylic acids is 2. The molecule has 0 radical (unpaired) electrons. The Balaban J connectivity index is 2.11. The van der Waals surface area contributed by atoms with E-state index in [2.05, 4.69) is 5.32 Å². The molecular weight excluding hydrogens is 299 g/mol.